The van der Waals surface area contributed by atoms with Crippen molar-refractivity contribution in [1.82, 2.24) is 20.1 Å². The van der Waals surface area contributed by atoms with Gasteiger partial charge in [0.2, 0.25) is 0 Å². The first-order valence-electron chi connectivity index (χ1n) is 5.73. The molecule has 19 heavy (non-hydrogen) atoms. The minimum Gasteiger partial charge on any atom is -0.505 e. The van der Waals surface area contributed by atoms with Gasteiger partial charge in [0.05, 0.1) is 17.3 Å². The molecule has 1 amide bonds. The van der Waals surface area contributed by atoms with E-state index in [0.717, 1.165) is 0 Å². The summed E-state index contributed by atoms with van der Waals surface area (Å²) in [6.45, 7) is 1.78. The summed E-state index contributed by atoms with van der Waals surface area (Å²) in [7, 11) is 1.79. The molecule has 2 rings (SSSR count). The lowest BCUT2D eigenvalue weighted by atomic mass is 10.1. The molecule has 1 aromatic carbocycles. The van der Waals surface area contributed by atoms with E-state index < -0.39 is 5.91 Å². The maximum absolute atomic E-state index is 12.1. The number of hydrogen-bond acceptors (Lipinski definition) is 5. The highest BCUT2D eigenvalue weighted by Crippen LogP contribution is 2.24. The van der Waals surface area contributed by atoms with Crippen molar-refractivity contribution in [2.75, 3.05) is 5.73 Å². The number of nitrogens with zero attached hydrogens (tertiary/aromatic N) is 3. The van der Waals surface area contributed by atoms with Gasteiger partial charge in [-0.05, 0) is 19.1 Å². The van der Waals surface area contributed by atoms with Crippen LogP contribution < -0.4 is 11.1 Å². The number of nitrogens with two attached hydrogens (primary N) is 1. The first-order chi connectivity index (χ1) is 9.00. The minimum absolute atomic E-state index is 0.133. The van der Waals surface area contributed by atoms with Crippen LogP contribution in [-0.4, -0.2) is 25.8 Å². The largest absolute Gasteiger partial charge is 0.505 e. The van der Waals surface area contributed by atoms with E-state index >= 15 is 0 Å². The van der Waals surface area contributed by atoms with Crippen LogP contribution in [0.2, 0.25) is 0 Å². The zero-order chi connectivity index (χ0) is 14.0. The van der Waals surface area contributed by atoms with E-state index in [1.54, 1.807) is 30.9 Å². The van der Waals surface area contributed by atoms with Crippen LogP contribution in [0.15, 0.2) is 24.5 Å². The van der Waals surface area contributed by atoms with Crippen molar-refractivity contribution in [2.24, 2.45) is 7.05 Å². The van der Waals surface area contributed by atoms with E-state index in [9.17, 15) is 9.90 Å². The smallest absolute Gasteiger partial charge is 0.255 e. The Bertz CT molecular complexity index is 608. The summed E-state index contributed by atoms with van der Waals surface area (Å²) in [5.41, 5.74) is 5.85. The van der Waals surface area contributed by atoms with E-state index in [-0.39, 0.29) is 23.0 Å². The summed E-state index contributed by atoms with van der Waals surface area (Å²) in [6, 6.07) is 4.31. The van der Waals surface area contributed by atoms with Gasteiger partial charge < -0.3 is 20.7 Å². The molecule has 2 aromatic rings. The summed E-state index contributed by atoms with van der Waals surface area (Å²) in [5, 5.41) is 20.1. The van der Waals surface area contributed by atoms with Crippen molar-refractivity contribution in [1.29, 1.82) is 0 Å². The van der Waals surface area contributed by atoms with E-state index in [4.69, 9.17) is 5.73 Å². The second-order valence-corrected chi connectivity index (χ2v) is 4.24. The van der Waals surface area contributed by atoms with Crippen molar-refractivity contribution >= 4 is 11.6 Å². The first kappa shape index (κ1) is 12.9. The van der Waals surface area contributed by atoms with Crippen molar-refractivity contribution < 1.29 is 9.90 Å². The molecule has 100 valence electrons. The van der Waals surface area contributed by atoms with Gasteiger partial charge in [-0.3, -0.25) is 4.79 Å². The quantitative estimate of drug-likeness (QED) is 0.554. The van der Waals surface area contributed by atoms with Gasteiger partial charge in [0.15, 0.2) is 11.6 Å². The summed E-state index contributed by atoms with van der Waals surface area (Å²) in [4.78, 5) is 12.1. The van der Waals surface area contributed by atoms with Crippen molar-refractivity contribution in [2.45, 2.75) is 13.0 Å². The predicted molar refractivity (Wildman–Crippen MR) is 69.4 cm³/mol. The number of aromatic nitrogens is 3. The highest BCUT2D eigenvalue weighted by Gasteiger charge is 2.18. The van der Waals surface area contributed by atoms with Crippen molar-refractivity contribution in [3.05, 3.63) is 35.9 Å². The number of aryl methyl sites for hydroxylation is 1. The molecule has 0 radical (unpaired) electrons. The highest BCUT2D eigenvalue weighted by atomic mass is 16.3. The standard InChI is InChI=1S/C12H15N5O2/c1-7(11-16-14-6-17(11)2)15-12(19)8-4-3-5-9(13)10(8)18/h3-7,18H,13H2,1-2H3,(H,15,19). The number of phenolic OH excluding ortho intramolecular Hbond substituents is 1. The molecular weight excluding hydrogens is 246 g/mol. The fourth-order valence-electron chi connectivity index (χ4n) is 1.77. The molecule has 0 aliphatic carbocycles. The third-order valence-corrected chi connectivity index (χ3v) is 2.79. The summed E-state index contributed by atoms with van der Waals surface area (Å²) >= 11 is 0. The number of hydrogen-bond donors (Lipinski definition) is 3. The molecule has 7 nitrogen and oxygen atoms in total. The molecule has 0 aliphatic rings. The number of amides is 1. The Hall–Kier alpha value is -2.57. The monoisotopic (exact) mass is 261 g/mol. The number of phenols is 1. The second-order valence-electron chi connectivity index (χ2n) is 4.24. The van der Waals surface area contributed by atoms with Crippen LogP contribution in [0.25, 0.3) is 0 Å². The lowest BCUT2D eigenvalue weighted by molar-refractivity contribution is 0.0935. The molecule has 0 saturated carbocycles. The molecular formula is C12H15N5O2. The Kier molecular flexibility index (Phi) is 3.37. The lowest BCUT2D eigenvalue weighted by Gasteiger charge is -2.14. The molecule has 0 aliphatic heterocycles. The van der Waals surface area contributed by atoms with Crippen molar-refractivity contribution in [3.8, 4) is 5.75 Å². The van der Waals surface area contributed by atoms with Crippen molar-refractivity contribution in [3.63, 3.8) is 0 Å². The fourth-order valence-corrected chi connectivity index (χ4v) is 1.77. The van der Waals surface area contributed by atoms with E-state index in [1.807, 2.05) is 0 Å². The Morgan fingerprint density at radius 3 is 2.89 bits per heavy atom. The number of carbonyl (C=O) groups excluding carboxylic acids is 1. The molecule has 0 spiro atoms. The van der Waals surface area contributed by atoms with Crippen LogP contribution in [-0.2, 0) is 7.05 Å². The topological polar surface area (TPSA) is 106 Å². The lowest BCUT2D eigenvalue weighted by Crippen LogP contribution is -2.28. The third kappa shape index (κ3) is 2.49. The molecule has 1 heterocycles. The molecule has 1 aromatic heterocycles. The van der Waals surface area contributed by atoms with Crippen LogP contribution in [0.1, 0.15) is 29.1 Å². The number of aromatic hydroxyl groups is 1. The average molecular weight is 261 g/mol. The Morgan fingerprint density at radius 2 is 2.26 bits per heavy atom. The molecule has 1 atom stereocenters. The Labute approximate surface area is 110 Å². The van der Waals surface area contributed by atoms with E-state index in [1.165, 1.54) is 12.1 Å². The van der Waals surface area contributed by atoms with Crippen LogP contribution in [0.4, 0.5) is 5.69 Å². The Balaban J connectivity index is 2.18. The summed E-state index contributed by atoms with van der Waals surface area (Å²) in [6.07, 6.45) is 1.55. The highest BCUT2D eigenvalue weighted by molar-refractivity contribution is 5.98. The number of nitrogens with one attached hydrogen (secondary N) is 1. The Morgan fingerprint density at radius 1 is 1.53 bits per heavy atom. The molecule has 0 saturated heterocycles. The number of anilines is 1. The third-order valence-electron chi connectivity index (χ3n) is 2.79. The SMILES string of the molecule is CC(NC(=O)c1cccc(N)c1O)c1nncn1C. The first-order valence-corrected chi connectivity index (χ1v) is 5.73. The number of nitrogen functional groups attached to an aromatic ring is 1. The van der Waals surface area contributed by atoms with Crippen LogP contribution >= 0.6 is 0 Å². The summed E-state index contributed by atoms with van der Waals surface area (Å²) in [5.74, 6) is -0.0118. The van der Waals surface area contributed by atoms with Gasteiger partial charge in [0, 0.05) is 7.05 Å². The van der Waals surface area contributed by atoms with Gasteiger partial charge in [-0.2, -0.15) is 0 Å². The zero-order valence-corrected chi connectivity index (χ0v) is 10.7. The van der Waals surface area contributed by atoms with Gasteiger partial charge in [0.25, 0.3) is 5.91 Å². The average Bonchev–Trinajstić information content (AvgIpc) is 2.79. The molecule has 1 unspecified atom stereocenters. The molecule has 0 bridgehead atoms. The number of carbonyl (C=O) groups is 1. The van der Waals surface area contributed by atoms with E-state index in [0.29, 0.717) is 5.82 Å². The summed E-state index contributed by atoms with van der Waals surface area (Å²) < 4.78 is 1.71. The van der Waals surface area contributed by atoms with Gasteiger partial charge in [-0.25, -0.2) is 0 Å². The van der Waals surface area contributed by atoms with Gasteiger partial charge in [0.1, 0.15) is 6.33 Å². The van der Waals surface area contributed by atoms with Gasteiger partial charge in [-0.1, -0.05) is 6.07 Å². The zero-order valence-electron chi connectivity index (χ0n) is 10.7. The molecule has 0 fully saturated rings. The normalized spacial score (nSPS) is 12.1. The predicted octanol–water partition coefficient (Wildman–Crippen LogP) is 0.594. The second kappa shape index (κ2) is 4.97. The van der Waals surface area contributed by atoms with Gasteiger partial charge >= 0.3 is 0 Å². The maximum Gasteiger partial charge on any atom is 0.255 e. The molecule has 4 N–H and O–H groups in total. The number of rotatable bonds is 3. The van der Waals surface area contributed by atoms with Crippen LogP contribution in [0.3, 0.4) is 0 Å². The number of benzene rings is 1. The van der Waals surface area contributed by atoms with Gasteiger partial charge in [-0.15, -0.1) is 10.2 Å². The maximum atomic E-state index is 12.1. The van der Waals surface area contributed by atoms with E-state index in [2.05, 4.69) is 15.5 Å². The molecule has 7 heteroatoms. The fraction of sp³-hybridized carbons (Fsp3) is 0.250. The van der Waals surface area contributed by atoms with Crippen LogP contribution in [0, 0.1) is 0 Å². The number of para-hydroxylation sites is 1. The minimum atomic E-state index is -0.416. The van der Waals surface area contributed by atoms with Crippen LogP contribution in [0.5, 0.6) is 5.75 Å².